The van der Waals surface area contributed by atoms with Gasteiger partial charge in [0.05, 0.1) is 11.3 Å². The maximum Gasteiger partial charge on any atom is 0.335 e. The van der Waals surface area contributed by atoms with Gasteiger partial charge in [0, 0.05) is 17.8 Å². The van der Waals surface area contributed by atoms with Crippen LogP contribution in [0.3, 0.4) is 0 Å². The van der Waals surface area contributed by atoms with Gasteiger partial charge in [-0.15, -0.1) is 0 Å². The second-order valence-corrected chi connectivity index (χ2v) is 3.68. The van der Waals surface area contributed by atoms with E-state index in [1.807, 2.05) is 0 Å². The predicted octanol–water partition coefficient (Wildman–Crippen LogP) is 2.98. The second kappa shape index (κ2) is 3.30. The number of nitrogens with one attached hydrogen (secondary N) is 1. The molecule has 2 rings (SSSR count). The van der Waals surface area contributed by atoms with E-state index in [0.29, 0.717) is 10.9 Å². The van der Waals surface area contributed by atoms with Crippen molar-refractivity contribution in [3.05, 3.63) is 35.5 Å². The number of carboxylic acid groups (broad SMARTS) is 1. The fourth-order valence-corrected chi connectivity index (χ4v) is 1.50. The molecule has 0 bridgehead atoms. The van der Waals surface area contributed by atoms with Crippen molar-refractivity contribution in [2.24, 2.45) is 0 Å². The minimum Gasteiger partial charge on any atom is -0.478 e. The van der Waals surface area contributed by atoms with E-state index in [-0.39, 0.29) is 11.3 Å². The molecule has 84 valence electrons. The highest BCUT2D eigenvalue weighted by Gasteiger charge is 2.26. The molecule has 0 radical (unpaired) electrons. The summed E-state index contributed by atoms with van der Waals surface area (Å²) in [6.45, 7) is 0.788. The van der Waals surface area contributed by atoms with Crippen LogP contribution in [-0.2, 0) is 5.92 Å². The SMILES string of the molecule is CC(F)(F)c1cc2cc(C(=O)O)ccc2[nH]1. The molecule has 2 N–H and O–H groups in total. The van der Waals surface area contributed by atoms with Crippen molar-refractivity contribution in [3.63, 3.8) is 0 Å². The van der Waals surface area contributed by atoms with Crippen LogP contribution in [0.2, 0.25) is 0 Å². The molecule has 3 nitrogen and oxygen atoms in total. The predicted molar refractivity (Wildman–Crippen MR) is 54.8 cm³/mol. The Bertz CT molecular complexity index is 555. The van der Waals surface area contributed by atoms with Gasteiger partial charge in [0.15, 0.2) is 0 Å². The number of fused-ring (bicyclic) bond motifs is 1. The smallest absolute Gasteiger partial charge is 0.335 e. The maximum absolute atomic E-state index is 13.0. The van der Waals surface area contributed by atoms with Gasteiger partial charge >= 0.3 is 5.97 Å². The van der Waals surface area contributed by atoms with Gasteiger partial charge in [-0.05, 0) is 24.3 Å². The molecule has 0 atom stereocenters. The van der Waals surface area contributed by atoms with Gasteiger partial charge in [-0.2, -0.15) is 0 Å². The van der Waals surface area contributed by atoms with Crippen LogP contribution < -0.4 is 0 Å². The van der Waals surface area contributed by atoms with Crippen LogP contribution >= 0.6 is 0 Å². The Morgan fingerprint density at radius 1 is 1.38 bits per heavy atom. The first kappa shape index (κ1) is 10.6. The van der Waals surface area contributed by atoms with Crippen molar-refractivity contribution in [3.8, 4) is 0 Å². The fourth-order valence-electron chi connectivity index (χ4n) is 1.50. The zero-order chi connectivity index (χ0) is 11.9. The minimum absolute atomic E-state index is 0.0810. The van der Waals surface area contributed by atoms with Crippen LogP contribution in [0.4, 0.5) is 8.78 Å². The average molecular weight is 225 g/mol. The number of H-pyrrole nitrogens is 1. The molecule has 0 saturated heterocycles. The van der Waals surface area contributed by atoms with E-state index in [9.17, 15) is 13.6 Å². The number of carboxylic acids is 1. The summed E-state index contributed by atoms with van der Waals surface area (Å²) < 4.78 is 26.0. The molecular formula is C11H9F2NO2. The van der Waals surface area contributed by atoms with Gasteiger partial charge < -0.3 is 10.1 Å². The summed E-state index contributed by atoms with van der Waals surface area (Å²) in [6.07, 6.45) is 0. The summed E-state index contributed by atoms with van der Waals surface area (Å²) >= 11 is 0. The fraction of sp³-hybridized carbons (Fsp3) is 0.182. The quantitative estimate of drug-likeness (QED) is 0.825. The lowest BCUT2D eigenvalue weighted by Crippen LogP contribution is -2.06. The molecule has 0 fully saturated rings. The van der Waals surface area contributed by atoms with E-state index in [1.54, 1.807) is 0 Å². The van der Waals surface area contributed by atoms with Crippen molar-refractivity contribution in [2.75, 3.05) is 0 Å². The lowest BCUT2D eigenvalue weighted by Gasteiger charge is -2.05. The molecule has 0 aliphatic carbocycles. The first-order valence-corrected chi connectivity index (χ1v) is 4.62. The van der Waals surface area contributed by atoms with Crippen LogP contribution in [0.5, 0.6) is 0 Å². The number of aromatic carboxylic acids is 1. The van der Waals surface area contributed by atoms with E-state index in [0.717, 1.165) is 6.92 Å². The minimum atomic E-state index is -2.96. The Morgan fingerprint density at radius 3 is 2.62 bits per heavy atom. The van der Waals surface area contributed by atoms with Crippen molar-refractivity contribution in [1.29, 1.82) is 0 Å². The summed E-state index contributed by atoms with van der Waals surface area (Å²) in [5, 5.41) is 9.22. The largest absolute Gasteiger partial charge is 0.478 e. The van der Waals surface area contributed by atoms with Gasteiger partial charge in [-0.25, -0.2) is 13.6 Å². The molecule has 0 aliphatic heterocycles. The number of carbonyl (C=O) groups is 1. The monoisotopic (exact) mass is 225 g/mol. The van der Waals surface area contributed by atoms with E-state index < -0.39 is 11.9 Å². The molecular weight excluding hydrogens is 216 g/mol. The number of aromatic amines is 1. The Balaban J connectivity index is 2.59. The Kier molecular flexibility index (Phi) is 2.18. The van der Waals surface area contributed by atoms with Crippen LogP contribution in [0.15, 0.2) is 24.3 Å². The molecule has 2 aromatic rings. The Hall–Kier alpha value is -1.91. The number of hydrogen-bond donors (Lipinski definition) is 2. The molecule has 16 heavy (non-hydrogen) atoms. The lowest BCUT2D eigenvalue weighted by molar-refractivity contribution is 0.0135. The van der Waals surface area contributed by atoms with Gasteiger partial charge in [-0.1, -0.05) is 0 Å². The third-order valence-electron chi connectivity index (χ3n) is 2.34. The van der Waals surface area contributed by atoms with E-state index in [2.05, 4.69) is 4.98 Å². The van der Waals surface area contributed by atoms with Crippen LogP contribution in [0.1, 0.15) is 23.0 Å². The number of rotatable bonds is 2. The normalized spacial score (nSPS) is 11.9. The van der Waals surface area contributed by atoms with E-state index in [4.69, 9.17) is 5.11 Å². The highest BCUT2D eigenvalue weighted by atomic mass is 19.3. The average Bonchev–Trinajstić information content (AvgIpc) is 2.58. The van der Waals surface area contributed by atoms with Crippen molar-refractivity contribution < 1.29 is 18.7 Å². The molecule has 0 unspecified atom stereocenters. The molecule has 0 spiro atoms. The number of alkyl halides is 2. The van der Waals surface area contributed by atoms with Crippen molar-refractivity contribution >= 4 is 16.9 Å². The van der Waals surface area contributed by atoms with Crippen LogP contribution in [0.25, 0.3) is 10.9 Å². The van der Waals surface area contributed by atoms with E-state index >= 15 is 0 Å². The zero-order valence-corrected chi connectivity index (χ0v) is 8.42. The number of aromatic nitrogens is 1. The molecule has 5 heteroatoms. The molecule has 0 saturated carbocycles. The van der Waals surface area contributed by atoms with Gasteiger partial charge in [0.2, 0.25) is 0 Å². The number of hydrogen-bond acceptors (Lipinski definition) is 1. The molecule has 1 aromatic heterocycles. The van der Waals surface area contributed by atoms with Gasteiger partial charge in [0.1, 0.15) is 0 Å². The molecule has 0 aliphatic rings. The topological polar surface area (TPSA) is 53.1 Å². The molecule has 1 aromatic carbocycles. The van der Waals surface area contributed by atoms with Gasteiger partial charge in [-0.3, -0.25) is 0 Å². The highest BCUT2D eigenvalue weighted by Crippen LogP contribution is 2.29. The number of halogens is 2. The summed E-state index contributed by atoms with van der Waals surface area (Å²) in [4.78, 5) is 13.2. The molecule has 1 heterocycles. The summed E-state index contributed by atoms with van der Waals surface area (Å²) in [7, 11) is 0. The first-order chi connectivity index (χ1) is 7.38. The summed E-state index contributed by atoms with van der Waals surface area (Å²) in [5.74, 6) is -4.03. The standard InChI is InChI=1S/C11H9F2NO2/c1-11(12,13)9-5-7-4-6(10(15)16)2-3-8(7)14-9/h2-5,14H,1H3,(H,15,16). The number of benzene rings is 1. The zero-order valence-electron chi connectivity index (χ0n) is 8.42. The Labute approximate surface area is 89.7 Å². The van der Waals surface area contributed by atoms with Crippen molar-refractivity contribution in [2.45, 2.75) is 12.8 Å². The summed E-state index contributed by atoms with van der Waals surface area (Å²) in [6, 6.07) is 5.48. The maximum atomic E-state index is 13.0. The van der Waals surface area contributed by atoms with Gasteiger partial charge in [0.25, 0.3) is 5.92 Å². The van der Waals surface area contributed by atoms with Crippen LogP contribution in [0, 0.1) is 0 Å². The summed E-state index contributed by atoms with van der Waals surface area (Å²) in [5.41, 5.74) is 0.365. The highest BCUT2D eigenvalue weighted by molar-refractivity contribution is 5.93. The second-order valence-electron chi connectivity index (χ2n) is 3.68. The Morgan fingerprint density at radius 2 is 2.06 bits per heavy atom. The third kappa shape index (κ3) is 1.76. The van der Waals surface area contributed by atoms with Crippen LogP contribution in [-0.4, -0.2) is 16.1 Å². The third-order valence-corrected chi connectivity index (χ3v) is 2.34. The van der Waals surface area contributed by atoms with Crippen molar-refractivity contribution in [1.82, 2.24) is 4.98 Å². The molecule has 0 amide bonds. The van der Waals surface area contributed by atoms with E-state index in [1.165, 1.54) is 24.3 Å². The first-order valence-electron chi connectivity index (χ1n) is 4.62. The lowest BCUT2D eigenvalue weighted by atomic mass is 10.1.